The molecule has 0 fully saturated rings. The predicted molar refractivity (Wildman–Crippen MR) is 134 cm³/mol. The van der Waals surface area contributed by atoms with Crippen molar-refractivity contribution in [2.75, 3.05) is 18.1 Å². The molecule has 2 atom stereocenters. The van der Waals surface area contributed by atoms with Crippen molar-refractivity contribution in [2.24, 2.45) is 0 Å². The number of amides is 2. The van der Waals surface area contributed by atoms with Crippen LogP contribution in [-0.4, -0.2) is 59.2 Å². The van der Waals surface area contributed by atoms with Gasteiger partial charge in [0.1, 0.15) is 5.69 Å². The van der Waals surface area contributed by atoms with Gasteiger partial charge in [-0.1, -0.05) is 12.1 Å². The molecule has 2 N–H and O–H groups in total. The molecule has 0 spiro atoms. The van der Waals surface area contributed by atoms with Crippen LogP contribution in [0.5, 0.6) is 0 Å². The minimum atomic E-state index is -3.49. The van der Waals surface area contributed by atoms with Crippen LogP contribution in [0.3, 0.4) is 0 Å². The summed E-state index contributed by atoms with van der Waals surface area (Å²) < 4.78 is 29.7. The maximum Gasteiger partial charge on any atom is 0.253 e. The van der Waals surface area contributed by atoms with Gasteiger partial charge in [0.15, 0.2) is 5.13 Å². The van der Waals surface area contributed by atoms with E-state index in [1.54, 1.807) is 5.38 Å². The molecule has 2 amide bonds. The number of thiazole rings is 1. The Morgan fingerprint density at radius 1 is 1.17 bits per heavy atom. The molecule has 3 aromatic heterocycles. The van der Waals surface area contributed by atoms with E-state index >= 15 is 0 Å². The average Bonchev–Trinajstić information content (AvgIpc) is 3.47. The van der Waals surface area contributed by atoms with Crippen molar-refractivity contribution < 1.29 is 22.7 Å². The molecule has 1 aliphatic heterocycles. The second-order valence-corrected chi connectivity index (χ2v) is 11.0. The SMILES string of the molecule is CC1C=C(c2cccc(-c3csc(NC(=O)CNC(=O)c4ccn(S(C)(=O)=O)c4)n3)n2)CC(C)O1. The number of rotatable bonds is 7. The second kappa shape index (κ2) is 10.1. The highest BCUT2D eigenvalue weighted by molar-refractivity contribution is 7.89. The van der Waals surface area contributed by atoms with Gasteiger partial charge >= 0.3 is 0 Å². The molecule has 1 aliphatic rings. The van der Waals surface area contributed by atoms with Crippen LogP contribution in [0.25, 0.3) is 17.0 Å². The summed E-state index contributed by atoms with van der Waals surface area (Å²) in [5.41, 5.74) is 3.46. The van der Waals surface area contributed by atoms with E-state index in [0.29, 0.717) is 16.5 Å². The van der Waals surface area contributed by atoms with E-state index in [9.17, 15) is 18.0 Å². The minimum absolute atomic E-state index is 0.0281. The Morgan fingerprint density at radius 2 is 1.94 bits per heavy atom. The molecule has 0 saturated carbocycles. The average molecular weight is 516 g/mol. The number of ether oxygens (including phenoxy) is 1. The molecule has 35 heavy (non-hydrogen) atoms. The van der Waals surface area contributed by atoms with Gasteiger partial charge in [0, 0.05) is 24.2 Å². The van der Waals surface area contributed by atoms with Crippen LogP contribution in [-0.2, 0) is 19.6 Å². The number of hydrogen-bond donors (Lipinski definition) is 2. The first-order valence-corrected chi connectivity index (χ1v) is 13.6. The highest BCUT2D eigenvalue weighted by Gasteiger charge is 2.19. The summed E-state index contributed by atoms with van der Waals surface area (Å²) in [6.45, 7) is 3.75. The molecule has 0 saturated heterocycles. The lowest BCUT2D eigenvalue weighted by Gasteiger charge is -2.24. The van der Waals surface area contributed by atoms with Crippen LogP contribution >= 0.6 is 11.3 Å². The first-order chi connectivity index (χ1) is 16.6. The highest BCUT2D eigenvalue weighted by atomic mass is 32.2. The fourth-order valence-corrected chi connectivity index (χ4v) is 4.96. The topological polar surface area (TPSA) is 132 Å². The van der Waals surface area contributed by atoms with Gasteiger partial charge in [-0.05, 0) is 37.6 Å². The molecule has 10 nitrogen and oxygen atoms in total. The predicted octanol–water partition coefficient (Wildman–Crippen LogP) is 2.76. The summed E-state index contributed by atoms with van der Waals surface area (Å²) in [7, 11) is -3.49. The van der Waals surface area contributed by atoms with Crippen molar-refractivity contribution in [3.63, 3.8) is 0 Å². The van der Waals surface area contributed by atoms with E-state index < -0.39 is 21.8 Å². The third kappa shape index (κ3) is 6.21. The molecule has 4 rings (SSSR count). The zero-order valence-electron chi connectivity index (χ0n) is 19.4. The minimum Gasteiger partial charge on any atom is -0.371 e. The standard InChI is InChI=1S/C23H25N5O5S2/c1-14-9-17(10-15(2)33-14)18-5-4-6-19(25-18)20-13-34-23(26-20)27-21(29)11-24-22(30)16-7-8-28(12-16)35(3,31)32/h4-9,12-15H,10-11H2,1-3H3,(H,24,30)(H,26,27,29). The molecule has 0 radical (unpaired) electrons. The molecule has 184 valence electrons. The van der Waals surface area contributed by atoms with Crippen molar-refractivity contribution in [3.05, 3.63) is 59.4 Å². The van der Waals surface area contributed by atoms with E-state index in [4.69, 9.17) is 9.72 Å². The third-order valence-electron chi connectivity index (χ3n) is 5.20. The van der Waals surface area contributed by atoms with Crippen molar-refractivity contribution in [1.82, 2.24) is 19.3 Å². The van der Waals surface area contributed by atoms with Crippen LogP contribution in [0.15, 0.2) is 48.1 Å². The molecule has 4 heterocycles. The van der Waals surface area contributed by atoms with Gasteiger partial charge in [-0.2, -0.15) is 0 Å². The number of anilines is 1. The molecular formula is C23H25N5O5S2. The summed E-state index contributed by atoms with van der Waals surface area (Å²) in [4.78, 5) is 33.7. The number of nitrogens with one attached hydrogen (secondary N) is 2. The van der Waals surface area contributed by atoms with Gasteiger partial charge in [0.2, 0.25) is 15.9 Å². The van der Waals surface area contributed by atoms with E-state index in [1.165, 1.54) is 29.8 Å². The van der Waals surface area contributed by atoms with Crippen molar-refractivity contribution in [1.29, 1.82) is 0 Å². The van der Waals surface area contributed by atoms with Gasteiger partial charge < -0.3 is 15.4 Å². The van der Waals surface area contributed by atoms with Gasteiger partial charge in [-0.3, -0.25) is 13.6 Å². The number of nitrogens with zero attached hydrogens (tertiary/aromatic N) is 3. The largest absolute Gasteiger partial charge is 0.371 e. The highest BCUT2D eigenvalue weighted by Crippen LogP contribution is 2.29. The van der Waals surface area contributed by atoms with Gasteiger partial charge in [0.25, 0.3) is 5.91 Å². The molecule has 0 bridgehead atoms. The third-order valence-corrected chi connectivity index (χ3v) is 6.95. The summed E-state index contributed by atoms with van der Waals surface area (Å²) in [5.74, 6) is -1.02. The van der Waals surface area contributed by atoms with Gasteiger partial charge in [-0.15, -0.1) is 11.3 Å². The number of carbonyl (C=O) groups excluding carboxylic acids is 2. The van der Waals surface area contributed by atoms with E-state index in [1.807, 2.05) is 32.0 Å². The number of hydrogen-bond acceptors (Lipinski definition) is 8. The zero-order chi connectivity index (χ0) is 25.2. The van der Waals surface area contributed by atoms with E-state index in [0.717, 1.165) is 27.9 Å². The lowest BCUT2D eigenvalue weighted by atomic mass is 10.00. The molecule has 0 aromatic carbocycles. The van der Waals surface area contributed by atoms with Crippen LogP contribution in [0.1, 0.15) is 36.3 Å². The quantitative estimate of drug-likeness (QED) is 0.494. The Kier molecular flexibility index (Phi) is 7.15. The second-order valence-electron chi connectivity index (χ2n) is 8.22. The maximum atomic E-state index is 12.3. The van der Waals surface area contributed by atoms with E-state index in [-0.39, 0.29) is 24.3 Å². The Bertz CT molecular complexity index is 1390. The fraction of sp³-hybridized carbons (Fsp3) is 0.304. The van der Waals surface area contributed by atoms with Crippen LogP contribution in [0, 0.1) is 0 Å². The Labute approximate surface area is 207 Å². The van der Waals surface area contributed by atoms with E-state index in [2.05, 4.69) is 21.7 Å². The molecular weight excluding hydrogens is 490 g/mol. The smallest absolute Gasteiger partial charge is 0.253 e. The summed E-state index contributed by atoms with van der Waals surface area (Å²) in [6, 6.07) is 7.11. The van der Waals surface area contributed by atoms with Gasteiger partial charge in [-0.25, -0.2) is 18.4 Å². The number of carbonyl (C=O) groups is 2. The maximum absolute atomic E-state index is 12.3. The molecule has 0 aliphatic carbocycles. The van der Waals surface area contributed by atoms with Crippen molar-refractivity contribution in [2.45, 2.75) is 32.5 Å². The monoisotopic (exact) mass is 515 g/mol. The molecule has 3 aromatic rings. The normalized spacial score (nSPS) is 18.1. The first-order valence-electron chi connectivity index (χ1n) is 10.8. The molecule has 12 heteroatoms. The number of pyridine rings is 1. The van der Waals surface area contributed by atoms with Crippen LogP contribution in [0.4, 0.5) is 5.13 Å². The lowest BCUT2D eigenvalue weighted by Crippen LogP contribution is -2.32. The Morgan fingerprint density at radius 3 is 2.66 bits per heavy atom. The summed E-state index contributed by atoms with van der Waals surface area (Å²) >= 11 is 1.25. The Hall–Kier alpha value is -3.35. The number of aromatic nitrogens is 3. The zero-order valence-corrected chi connectivity index (χ0v) is 21.0. The Balaban J connectivity index is 1.36. The van der Waals surface area contributed by atoms with Gasteiger partial charge in [0.05, 0.1) is 42.0 Å². The van der Waals surface area contributed by atoms with Crippen molar-refractivity contribution in [3.8, 4) is 11.4 Å². The van der Waals surface area contributed by atoms with Crippen LogP contribution in [0.2, 0.25) is 0 Å². The first kappa shape index (κ1) is 24.8. The summed E-state index contributed by atoms with van der Waals surface area (Å²) in [5, 5.41) is 7.30. The fourth-order valence-electron chi connectivity index (χ4n) is 3.65. The van der Waals surface area contributed by atoms with Crippen molar-refractivity contribution >= 4 is 43.9 Å². The lowest BCUT2D eigenvalue weighted by molar-refractivity contribution is -0.115. The van der Waals surface area contributed by atoms with Crippen LogP contribution < -0.4 is 10.6 Å². The summed E-state index contributed by atoms with van der Waals surface area (Å²) in [6.07, 6.45) is 6.49. The molecule has 2 unspecified atom stereocenters.